The van der Waals surface area contributed by atoms with Gasteiger partial charge in [-0.1, -0.05) is 19.9 Å². The molecular weight excluding hydrogens is 276 g/mol. The average molecular weight is 300 g/mol. The van der Waals surface area contributed by atoms with Gasteiger partial charge in [0.15, 0.2) is 6.10 Å². The number of carbonyl (C=O) groups excluding carboxylic acids is 2. The summed E-state index contributed by atoms with van der Waals surface area (Å²) in [5.41, 5.74) is 0. The van der Waals surface area contributed by atoms with E-state index in [2.05, 4.69) is 0 Å². The van der Waals surface area contributed by atoms with E-state index in [1.54, 1.807) is 6.08 Å². The fourth-order valence-electron chi connectivity index (χ4n) is 2.35. The van der Waals surface area contributed by atoms with Gasteiger partial charge in [0.05, 0.1) is 6.61 Å². The summed E-state index contributed by atoms with van der Waals surface area (Å²) in [5.74, 6) is -2.18. The van der Waals surface area contributed by atoms with Gasteiger partial charge in [-0.05, 0) is 18.4 Å². The molecule has 0 unspecified atom stereocenters. The number of hydrogen-bond acceptors (Lipinski definition) is 6. The van der Waals surface area contributed by atoms with Gasteiger partial charge in [0.2, 0.25) is 5.79 Å². The highest BCUT2D eigenvalue weighted by molar-refractivity contribution is 5.71. The summed E-state index contributed by atoms with van der Waals surface area (Å²) < 4.78 is 15.5. The summed E-state index contributed by atoms with van der Waals surface area (Å²) in [4.78, 5) is 22.1. The van der Waals surface area contributed by atoms with Crippen molar-refractivity contribution in [2.24, 2.45) is 11.8 Å². The molecular formula is C15H24O6. The molecule has 21 heavy (non-hydrogen) atoms. The molecule has 6 nitrogen and oxygen atoms in total. The van der Waals surface area contributed by atoms with E-state index in [9.17, 15) is 14.7 Å². The lowest BCUT2D eigenvalue weighted by molar-refractivity contribution is -0.302. The van der Waals surface area contributed by atoms with Crippen LogP contribution in [-0.4, -0.2) is 49.6 Å². The lowest BCUT2D eigenvalue weighted by Crippen LogP contribution is -2.56. The second-order valence-corrected chi connectivity index (χ2v) is 5.33. The minimum atomic E-state index is -1.60. The maximum atomic E-state index is 11.6. The fraction of sp³-hybridized carbons (Fsp3) is 0.733. The molecule has 0 aromatic carbocycles. The Balaban J connectivity index is 2.91. The van der Waals surface area contributed by atoms with Crippen molar-refractivity contribution in [2.75, 3.05) is 20.3 Å². The van der Waals surface area contributed by atoms with Gasteiger partial charge in [-0.2, -0.15) is 0 Å². The van der Waals surface area contributed by atoms with E-state index < -0.39 is 17.9 Å². The highest BCUT2D eigenvalue weighted by atomic mass is 16.7. The van der Waals surface area contributed by atoms with Gasteiger partial charge in [-0.3, -0.25) is 0 Å². The number of esters is 1. The van der Waals surface area contributed by atoms with E-state index in [1.165, 1.54) is 13.2 Å². The van der Waals surface area contributed by atoms with E-state index in [-0.39, 0.29) is 24.9 Å². The Morgan fingerprint density at radius 1 is 1.52 bits per heavy atom. The maximum absolute atomic E-state index is 11.6. The van der Waals surface area contributed by atoms with Crippen molar-refractivity contribution >= 4 is 12.3 Å². The molecule has 1 N–H and O–H groups in total. The van der Waals surface area contributed by atoms with Gasteiger partial charge in [0, 0.05) is 19.4 Å². The summed E-state index contributed by atoms with van der Waals surface area (Å²) in [6.07, 6.45) is 3.81. The number of hydrogen-bond donors (Lipinski definition) is 1. The molecule has 0 bridgehead atoms. The predicted molar refractivity (Wildman–Crippen MR) is 75.4 cm³/mol. The van der Waals surface area contributed by atoms with Crippen molar-refractivity contribution in [3.05, 3.63) is 12.2 Å². The lowest BCUT2D eigenvalue weighted by atomic mass is 9.81. The minimum absolute atomic E-state index is 0.179. The number of aliphatic hydroxyl groups is 1. The van der Waals surface area contributed by atoms with Crippen LogP contribution in [0.5, 0.6) is 0 Å². The van der Waals surface area contributed by atoms with Gasteiger partial charge >= 0.3 is 5.97 Å². The van der Waals surface area contributed by atoms with Gasteiger partial charge in [-0.15, -0.1) is 0 Å². The zero-order valence-corrected chi connectivity index (χ0v) is 12.8. The topological polar surface area (TPSA) is 82.1 Å². The summed E-state index contributed by atoms with van der Waals surface area (Å²) in [5, 5.41) is 10.8. The van der Waals surface area contributed by atoms with Gasteiger partial charge in [0.25, 0.3) is 0 Å². The van der Waals surface area contributed by atoms with E-state index in [0.29, 0.717) is 6.61 Å². The molecule has 6 heteroatoms. The molecule has 0 radical (unpaired) electrons. The SMILES string of the molecule is COCC(=O)O[C@H](/C=C\CC=O)[C@]1(O)OCC[C@H](C)[C@H]1C. The van der Waals surface area contributed by atoms with Gasteiger partial charge in [0.1, 0.15) is 12.9 Å². The molecule has 0 aromatic heterocycles. The fourth-order valence-corrected chi connectivity index (χ4v) is 2.35. The van der Waals surface area contributed by atoms with E-state index in [1.807, 2.05) is 13.8 Å². The van der Waals surface area contributed by atoms with Gasteiger partial charge < -0.3 is 24.1 Å². The Morgan fingerprint density at radius 2 is 2.24 bits per heavy atom. The molecule has 0 amide bonds. The zero-order chi connectivity index (χ0) is 15.9. The predicted octanol–water partition coefficient (Wildman–Crippen LogP) is 1.07. The van der Waals surface area contributed by atoms with Crippen molar-refractivity contribution in [3.8, 4) is 0 Å². The van der Waals surface area contributed by atoms with Crippen LogP contribution in [0.2, 0.25) is 0 Å². The number of allylic oxidation sites excluding steroid dienone is 1. The molecule has 1 rings (SSSR count). The van der Waals surface area contributed by atoms with Crippen LogP contribution in [-0.2, 0) is 23.8 Å². The van der Waals surface area contributed by atoms with Crippen LogP contribution in [0.1, 0.15) is 26.7 Å². The van der Waals surface area contributed by atoms with Gasteiger partial charge in [-0.25, -0.2) is 4.79 Å². The van der Waals surface area contributed by atoms with E-state index >= 15 is 0 Å². The summed E-state index contributed by atoms with van der Waals surface area (Å²) in [7, 11) is 1.38. The third-order valence-corrected chi connectivity index (χ3v) is 3.88. The molecule has 1 fully saturated rings. The first-order chi connectivity index (χ1) is 9.95. The molecule has 0 aliphatic carbocycles. The van der Waals surface area contributed by atoms with Crippen LogP contribution in [0.15, 0.2) is 12.2 Å². The van der Waals surface area contributed by atoms with Crippen molar-refractivity contribution in [3.63, 3.8) is 0 Å². The normalized spacial score (nSPS) is 31.0. The maximum Gasteiger partial charge on any atom is 0.332 e. The first kappa shape index (κ1) is 17.8. The Kier molecular flexibility index (Phi) is 7.01. The van der Waals surface area contributed by atoms with Crippen LogP contribution in [0, 0.1) is 11.8 Å². The second kappa shape index (κ2) is 8.26. The Bertz CT molecular complexity index is 380. The van der Waals surface area contributed by atoms with Crippen LogP contribution in [0.4, 0.5) is 0 Å². The Labute approximate surface area is 125 Å². The highest BCUT2D eigenvalue weighted by Gasteiger charge is 2.48. The van der Waals surface area contributed by atoms with Crippen molar-refractivity contribution in [1.82, 2.24) is 0 Å². The number of ether oxygens (including phenoxy) is 3. The molecule has 1 aliphatic heterocycles. The molecule has 1 saturated heterocycles. The van der Waals surface area contributed by atoms with Crippen molar-refractivity contribution in [2.45, 2.75) is 38.6 Å². The average Bonchev–Trinajstić information content (AvgIpc) is 2.44. The number of rotatable bonds is 7. The summed E-state index contributed by atoms with van der Waals surface area (Å²) in [6.45, 7) is 4.05. The van der Waals surface area contributed by atoms with Crippen LogP contribution < -0.4 is 0 Å². The standard InChI is InChI=1S/C15H24O6/c1-11-7-9-20-15(18,12(11)2)13(6-4-5-8-16)21-14(17)10-19-3/h4,6,8,11-13,18H,5,7,9-10H2,1-3H3/b6-4-/t11-,12+,13+,15+/m0/s1. The molecule has 0 aromatic rings. The molecule has 4 atom stereocenters. The monoisotopic (exact) mass is 300 g/mol. The van der Waals surface area contributed by atoms with Crippen LogP contribution >= 0.6 is 0 Å². The first-order valence-electron chi connectivity index (χ1n) is 7.10. The number of methoxy groups -OCH3 is 1. The Morgan fingerprint density at radius 3 is 2.86 bits per heavy atom. The zero-order valence-electron chi connectivity index (χ0n) is 12.8. The molecule has 0 spiro atoms. The van der Waals surface area contributed by atoms with Crippen LogP contribution in [0.3, 0.4) is 0 Å². The minimum Gasteiger partial charge on any atom is -0.451 e. The number of carbonyl (C=O) groups is 2. The van der Waals surface area contributed by atoms with Crippen molar-refractivity contribution < 1.29 is 28.9 Å². The first-order valence-corrected chi connectivity index (χ1v) is 7.10. The smallest absolute Gasteiger partial charge is 0.332 e. The van der Waals surface area contributed by atoms with E-state index in [0.717, 1.165) is 12.7 Å². The van der Waals surface area contributed by atoms with Crippen LogP contribution in [0.25, 0.3) is 0 Å². The number of aldehydes is 1. The molecule has 120 valence electrons. The summed E-state index contributed by atoms with van der Waals surface area (Å²) in [6, 6.07) is 0. The lowest BCUT2D eigenvalue weighted by Gasteiger charge is -2.44. The third kappa shape index (κ3) is 4.62. The van der Waals surface area contributed by atoms with E-state index in [4.69, 9.17) is 14.2 Å². The molecule has 0 saturated carbocycles. The quantitative estimate of drug-likeness (QED) is 0.430. The largest absolute Gasteiger partial charge is 0.451 e. The second-order valence-electron chi connectivity index (χ2n) is 5.33. The molecule has 1 aliphatic rings. The summed E-state index contributed by atoms with van der Waals surface area (Å²) >= 11 is 0. The van der Waals surface area contributed by atoms with Crippen molar-refractivity contribution in [1.29, 1.82) is 0 Å². The highest BCUT2D eigenvalue weighted by Crippen LogP contribution is 2.37. The molecule has 1 heterocycles. The third-order valence-electron chi connectivity index (χ3n) is 3.88. The Hall–Kier alpha value is -1.24.